The van der Waals surface area contributed by atoms with Gasteiger partial charge in [0.2, 0.25) is 11.8 Å². The molecule has 0 heterocycles. The third-order valence-corrected chi connectivity index (χ3v) is 2.34. The van der Waals surface area contributed by atoms with Gasteiger partial charge in [-0.3, -0.25) is 9.59 Å². The number of amides is 2. The average molecular weight is 229 g/mol. The van der Waals surface area contributed by atoms with Gasteiger partial charge in [-0.2, -0.15) is 0 Å². The van der Waals surface area contributed by atoms with Crippen LogP contribution in [0, 0.1) is 0 Å². The molecule has 0 saturated heterocycles. The van der Waals surface area contributed by atoms with E-state index in [1.165, 1.54) is 4.90 Å². The van der Waals surface area contributed by atoms with Crippen molar-refractivity contribution in [1.29, 1.82) is 0 Å². The van der Waals surface area contributed by atoms with E-state index in [1.807, 2.05) is 13.8 Å². The van der Waals surface area contributed by atoms with E-state index in [0.717, 1.165) is 12.8 Å². The topological polar surface area (TPSA) is 75.4 Å². The van der Waals surface area contributed by atoms with Crippen molar-refractivity contribution in [3.8, 4) is 0 Å². The maximum Gasteiger partial charge on any atom is 0.239 e. The van der Waals surface area contributed by atoms with Gasteiger partial charge < -0.3 is 16.0 Å². The van der Waals surface area contributed by atoms with Crippen LogP contribution < -0.4 is 11.1 Å². The predicted octanol–water partition coefficient (Wildman–Crippen LogP) is 0.0984. The summed E-state index contributed by atoms with van der Waals surface area (Å²) in [4.78, 5) is 24.7. The van der Waals surface area contributed by atoms with E-state index in [2.05, 4.69) is 5.32 Å². The first-order chi connectivity index (χ1) is 7.56. The molecule has 5 nitrogen and oxygen atoms in total. The van der Waals surface area contributed by atoms with Crippen molar-refractivity contribution in [3.05, 3.63) is 0 Å². The van der Waals surface area contributed by atoms with Crippen LogP contribution in [0.1, 0.15) is 33.1 Å². The van der Waals surface area contributed by atoms with E-state index in [0.29, 0.717) is 13.0 Å². The molecule has 0 bridgehead atoms. The molecule has 0 spiro atoms. The summed E-state index contributed by atoms with van der Waals surface area (Å²) in [6, 6.07) is -0.485. The smallest absolute Gasteiger partial charge is 0.239 e. The predicted molar refractivity (Wildman–Crippen MR) is 63.8 cm³/mol. The molecular weight excluding hydrogens is 206 g/mol. The van der Waals surface area contributed by atoms with Crippen LogP contribution in [0.25, 0.3) is 0 Å². The molecule has 0 aromatic heterocycles. The van der Waals surface area contributed by atoms with Gasteiger partial charge >= 0.3 is 0 Å². The van der Waals surface area contributed by atoms with E-state index in [9.17, 15) is 9.59 Å². The second-order valence-electron chi connectivity index (χ2n) is 3.83. The monoisotopic (exact) mass is 229 g/mol. The zero-order valence-electron chi connectivity index (χ0n) is 10.5. The number of nitrogens with one attached hydrogen (secondary N) is 1. The molecule has 0 aromatic carbocycles. The van der Waals surface area contributed by atoms with E-state index in [-0.39, 0.29) is 18.4 Å². The lowest BCUT2D eigenvalue weighted by Gasteiger charge is -2.24. The Morgan fingerprint density at radius 2 is 1.94 bits per heavy atom. The quantitative estimate of drug-likeness (QED) is 0.650. The van der Waals surface area contributed by atoms with E-state index < -0.39 is 6.04 Å². The van der Waals surface area contributed by atoms with Gasteiger partial charge in [-0.1, -0.05) is 20.3 Å². The van der Waals surface area contributed by atoms with Crippen molar-refractivity contribution >= 4 is 11.8 Å². The van der Waals surface area contributed by atoms with E-state index in [1.54, 1.807) is 7.05 Å². The molecule has 94 valence electrons. The number of carbonyl (C=O) groups excluding carboxylic acids is 2. The second kappa shape index (κ2) is 8.10. The fourth-order valence-electron chi connectivity index (χ4n) is 1.46. The molecule has 0 radical (unpaired) electrons. The number of hydrogen-bond donors (Lipinski definition) is 2. The minimum Gasteiger partial charge on any atom is -0.358 e. The molecular formula is C11H23N3O2. The van der Waals surface area contributed by atoms with Gasteiger partial charge in [0.25, 0.3) is 0 Å². The second-order valence-corrected chi connectivity index (χ2v) is 3.83. The molecule has 0 aliphatic rings. The number of nitrogens with two attached hydrogens (primary N) is 1. The molecule has 0 aromatic rings. The molecule has 3 N–H and O–H groups in total. The van der Waals surface area contributed by atoms with Gasteiger partial charge in [0.1, 0.15) is 0 Å². The van der Waals surface area contributed by atoms with Crippen LogP contribution in [-0.4, -0.2) is 42.9 Å². The molecule has 0 saturated carbocycles. The highest BCUT2D eigenvalue weighted by molar-refractivity contribution is 5.87. The highest BCUT2D eigenvalue weighted by Gasteiger charge is 2.21. The number of hydrogen-bond acceptors (Lipinski definition) is 3. The van der Waals surface area contributed by atoms with Crippen molar-refractivity contribution < 1.29 is 9.59 Å². The van der Waals surface area contributed by atoms with Gasteiger partial charge in [-0.15, -0.1) is 0 Å². The summed E-state index contributed by atoms with van der Waals surface area (Å²) in [6.07, 6.45) is 2.35. The summed E-state index contributed by atoms with van der Waals surface area (Å²) in [7, 11) is 1.56. The first-order valence-electron chi connectivity index (χ1n) is 5.81. The Kier molecular flexibility index (Phi) is 7.54. The lowest BCUT2D eigenvalue weighted by molar-refractivity contribution is -0.137. The molecule has 1 atom stereocenters. The zero-order chi connectivity index (χ0) is 12.6. The zero-order valence-corrected chi connectivity index (χ0v) is 10.5. The number of likely N-dealkylation sites (N-methyl/N-ethyl adjacent to an activating group) is 1. The van der Waals surface area contributed by atoms with Crippen LogP contribution in [-0.2, 0) is 9.59 Å². The Morgan fingerprint density at radius 1 is 1.31 bits per heavy atom. The van der Waals surface area contributed by atoms with E-state index >= 15 is 0 Å². The SMILES string of the molecule is CCCC(N)C(=O)N(CCC)CC(=O)NC. The lowest BCUT2D eigenvalue weighted by Crippen LogP contribution is -2.47. The third kappa shape index (κ3) is 5.11. The standard InChI is InChI=1S/C11H23N3O2/c1-4-6-9(12)11(16)14(7-5-2)8-10(15)13-3/h9H,4-8,12H2,1-3H3,(H,13,15). The summed E-state index contributed by atoms with van der Waals surface area (Å²) >= 11 is 0. The largest absolute Gasteiger partial charge is 0.358 e. The summed E-state index contributed by atoms with van der Waals surface area (Å²) in [6.45, 7) is 4.62. The van der Waals surface area contributed by atoms with Crippen LogP contribution >= 0.6 is 0 Å². The van der Waals surface area contributed by atoms with Gasteiger partial charge in [-0.25, -0.2) is 0 Å². The normalized spacial score (nSPS) is 12.0. The number of carbonyl (C=O) groups is 2. The minimum atomic E-state index is -0.485. The molecule has 0 aliphatic carbocycles. The minimum absolute atomic E-state index is 0.0978. The van der Waals surface area contributed by atoms with Crippen molar-refractivity contribution in [2.75, 3.05) is 20.1 Å². The number of nitrogens with zero attached hydrogens (tertiary/aromatic N) is 1. The van der Waals surface area contributed by atoms with Crippen LogP contribution in [0.3, 0.4) is 0 Å². The Balaban J connectivity index is 4.38. The molecule has 0 fully saturated rings. The fraction of sp³-hybridized carbons (Fsp3) is 0.818. The van der Waals surface area contributed by atoms with Crippen molar-refractivity contribution in [3.63, 3.8) is 0 Å². The molecule has 0 rings (SSSR count). The fourth-order valence-corrected chi connectivity index (χ4v) is 1.46. The first-order valence-corrected chi connectivity index (χ1v) is 5.81. The number of rotatable bonds is 7. The van der Waals surface area contributed by atoms with Gasteiger partial charge in [0.15, 0.2) is 0 Å². The third-order valence-electron chi connectivity index (χ3n) is 2.34. The highest BCUT2D eigenvalue weighted by atomic mass is 16.2. The average Bonchev–Trinajstić information content (AvgIpc) is 2.27. The Bertz CT molecular complexity index is 231. The summed E-state index contributed by atoms with van der Waals surface area (Å²) in [5.74, 6) is -0.294. The summed E-state index contributed by atoms with van der Waals surface area (Å²) in [5, 5.41) is 2.51. The van der Waals surface area contributed by atoms with Crippen LogP contribution in [0.2, 0.25) is 0 Å². The summed E-state index contributed by atoms with van der Waals surface area (Å²) in [5.41, 5.74) is 5.75. The molecule has 5 heteroatoms. The van der Waals surface area contributed by atoms with Gasteiger partial charge in [-0.05, 0) is 12.8 Å². The van der Waals surface area contributed by atoms with Gasteiger partial charge in [0, 0.05) is 13.6 Å². The van der Waals surface area contributed by atoms with Crippen molar-refractivity contribution in [2.45, 2.75) is 39.2 Å². The molecule has 16 heavy (non-hydrogen) atoms. The maximum absolute atomic E-state index is 11.9. The Morgan fingerprint density at radius 3 is 2.38 bits per heavy atom. The lowest BCUT2D eigenvalue weighted by atomic mass is 10.1. The highest BCUT2D eigenvalue weighted by Crippen LogP contribution is 2.01. The maximum atomic E-state index is 11.9. The Hall–Kier alpha value is -1.10. The molecule has 1 unspecified atom stereocenters. The molecule has 2 amide bonds. The van der Waals surface area contributed by atoms with Crippen molar-refractivity contribution in [1.82, 2.24) is 10.2 Å². The molecule has 0 aliphatic heterocycles. The van der Waals surface area contributed by atoms with E-state index in [4.69, 9.17) is 5.73 Å². The van der Waals surface area contributed by atoms with Crippen LogP contribution in [0.4, 0.5) is 0 Å². The first kappa shape index (κ1) is 14.9. The van der Waals surface area contributed by atoms with Crippen molar-refractivity contribution in [2.24, 2.45) is 5.73 Å². The summed E-state index contributed by atoms with van der Waals surface area (Å²) < 4.78 is 0. The van der Waals surface area contributed by atoms with Gasteiger partial charge in [0.05, 0.1) is 12.6 Å². The van der Waals surface area contributed by atoms with Crippen LogP contribution in [0.5, 0.6) is 0 Å². The Labute approximate surface area is 97.4 Å². The van der Waals surface area contributed by atoms with Crippen LogP contribution in [0.15, 0.2) is 0 Å².